The maximum atomic E-state index is 10.1. The quantitative estimate of drug-likeness (QED) is 0.873. The van der Waals surface area contributed by atoms with Crippen molar-refractivity contribution in [1.82, 2.24) is 5.32 Å². The number of hydrogen-bond donors (Lipinski definition) is 2. The van der Waals surface area contributed by atoms with E-state index >= 15 is 0 Å². The third-order valence-corrected chi connectivity index (χ3v) is 4.53. The van der Waals surface area contributed by atoms with Gasteiger partial charge < -0.3 is 15.2 Å². The number of nitrogens with one attached hydrogen (secondary N) is 1. The molecule has 19 heavy (non-hydrogen) atoms. The summed E-state index contributed by atoms with van der Waals surface area (Å²) in [5.41, 5.74) is 1.01. The van der Waals surface area contributed by atoms with Gasteiger partial charge >= 0.3 is 0 Å². The fourth-order valence-electron chi connectivity index (χ4n) is 2.69. The Morgan fingerprint density at radius 1 is 1.42 bits per heavy atom. The first-order chi connectivity index (χ1) is 8.95. The molecule has 3 atom stereocenters. The molecule has 3 unspecified atom stereocenters. The lowest BCUT2D eigenvalue weighted by Crippen LogP contribution is -2.61. The minimum absolute atomic E-state index is 0.120. The smallest absolute Gasteiger partial charge is 0.0914 e. The molecule has 1 aromatic carbocycles. The molecule has 1 saturated carbocycles. The predicted octanol–water partition coefficient (Wildman–Crippen LogP) is 2.78. The molecule has 1 aliphatic rings. The molecule has 2 N–H and O–H groups in total. The van der Waals surface area contributed by atoms with Crippen LogP contribution in [0.2, 0.25) is 5.02 Å². The Morgan fingerprint density at radius 3 is 2.58 bits per heavy atom. The highest BCUT2D eigenvalue weighted by Crippen LogP contribution is 2.42. The van der Waals surface area contributed by atoms with Crippen LogP contribution in [0.1, 0.15) is 31.9 Å². The number of ether oxygens (including phenoxy) is 1. The summed E-state index contributed by atoms with van der Waals surface area (Å²) in [6.45, 7) is 4.93. The van der Waals surface area contributed by atoms with Crippen LogP contribution in [0.25, 0.3) is 0 Å². The van der Waals surface area contributed by atoms with Crippen LogP contribution in [-0.4, -0.2) is 30.9 Å². The van der Waals surface area contributed by atoms with Crippen LogP contribution in [0.3, 0.4) is 0 Å². The number of halogens is 1. The Labute approximate surface area is 119 Å². The van der Waals surface area contributed by atoms with Gasteiger partial charge in [-0.25, -0.2) is 0 Å². The van der Waals surface area contributed by atoms with Gasteiger partial charge in [0.2, 0.25) is 0 Å². The normalized spacial score (nSPS) is 26.8. The number of aliphatic hydroxyl groups is 1. The van der Waals surface area contributed by atoms with Gasteiger partial charge in [0, 0.05) is 30.1 Å². The Hall–Kier alpha value is -0.610. The number of methoxy groups -OCH3 is 1. The summed E-state index contributed by atoms with van der Waals surface area (Å²) in [6.07, 6.45) is 0.795. The highest BCUT2D eigenvalue weighted by molar-refractivity contribution is 6.30. The van der Waals surface area contributed by atoms with Gasteiger partial charge in [0.05, 0.1) is 12.2 Å². The highest BCUT2D eigenvalue weighted by Gasteiger charge is 2.48. The molecule has 0 radical (unpaired) electrons. The highest BCUT2D eigenvalue weighted by atomic mass is 35.5. The Bertz CT molecular complexity index is 419. The van der Waals surface area contributed by atoms with Gasteiger partial charge in [0.1, 0.15) is 0 Å². The first kappa shape index (κ1) is 14.8. The average Bonchev–Trinajstić information content (AvgIpc) is 2.38. The Morgan fingerprint density at radius 2 is 2.05 bits per heavy atom. The maximum Gasteiger partial charge on any atom is 0.0914 e. The second-order valence-corrected chi connectivity index (χ2v) is 6.25. The summed E-state index contributed by atoms with van der Waals surface area (Å²) in [4.78, 5) is 0. The minimum Gasteiger partial charge on any atom is -0.387 e. The summed E-state index contributed by atoms with van der Waals surface area (Å²) in [5.74, 6) is 0. The van der Waals surface area contributed by atoms with Crippen LogP contribution in [0.4, 0.5) is 0 Å². The maximum absolute atomic E-state index is 10.1. The first-order valence-electron chi connectivity index (χ1n) is 6.65. The van der Waals surface area contributed by atoms with Crippen molar-refractivity contribution >= 4 is 11.6 Å². The van der Waals surface area contributed by atoms with Gasteiger partial charge in [-0.15, -0.1) is 0 Å². The first-order valence-corrected chi connectivity index (χ1v) is 7.02. The van der Waals surface area contributed by atoms with E-state index in [-0.39, 0.29) is 5.41 Å². The molecule has 0 heterocycles. The van der Waals surface area contributed by atoms with Crippen molar-refractivity contribution in [1.29, 1.82) is 0 Å². The van der Waals surface area contributed by atoms with Gasteiger partial charge in [0.25, 0.3) is 0 Å². The second kappa shape index (κ2) is 5.80. The van der Waals surface area contributed by atoms with E-state index in [4.69, 9.17) is 16.3 Å². The lowest BCUT2D eigenvalue weighted by atomic mass is 9.64. The predicted molar refractivity (Wildman–Crippen MR) is 77.4 cm³/mol. The fraction of sp³-hybridized carbons (Fsp3) is 0.600. The van der Waals surface area contributed by atoms with Crippen molar-refractivity contribution in [2.45, 2.75) is 38.5 Å². The summed E-state index contributed by atoms with van der Waals surface area (Å²) < 4.78 is 5.42. The minimum atomic E-state index is -0.505. The topological polar surface area (TPSA) is 41.5 Å². The number of hydrogen-bond acceptors (Lipinski definition) is 3. The van der Waals surface area contributed by atoms with E-state index < -0.39 is 6.10 Å². The molecule has 0 saturated heterocycles. The van der Waals surface area contributed by atoms with Crippen LogP contribution >= 0.6 is 11.6 Å². The van der Waals surface area contributed by atoms with E-state index in [0.29, 0.717) is 23.7 Å². The van der Waals surface area contributed by atoms with E-state index in [2.05, 4.69) is 19.2 Å². The zero-order valence-electron chi connectivity index (χ0n) is 11.7. The summed E-state index contributed by atoms with van der Waals surface area (Å²) in [5, 5.41) is 14.2. The molecule has 2 rings (SSSR count). The lowest BCUT2D eigenvalue weighted by Gasteiger charge is -2.51. The van der Waals surface area contributed by atoms with Crippen molar-refractivity contribution < 1.29 is 9.84 Å². The second-order valence-electron chi connectivity index (χ2n) is 5.81. The van der Waals surface area contributed by atoms with E-state index in [1.165, 1.54) is 0 Å². The SMILES string of the molecule is COC1CC(NCC(O)c2ccc(Cl)cc2)C1(C)C. The number of benzene rings is 1. The van der Waals surface area contributed by atoms with Crippen LogP contribution in [0.5, 0.6) is 0 Å². The van der Waals surface area contributed by atoms with Gasteiger partial charge in [-0.2, -0.15) is 0 Å². The molecule has 0 aliphatic heterocycles. The van der Waals surface area contributed by atoms with Crippen LogP contribution in [-0.2, 0) is 4.74 Å². The molecule has 0 aromatic heterocycles. The molecule has 0 spiro atoms. The van der Waals surface area contributed by atoms with Crippen LogP contribution < -0.4 is 5.32 Å². The van der Waals surface area contributed by atoms with Gasteiger partial charge in [-0.3, -0.25) is 0 Å². The van der Waals surface area contributed by atoms with Gasteiger partial charge in [0.15, 0.2) is 0 Å². The number of aliphatic hydroxyl groups excluding tert-OH is 1. The fourth-order valence-corrected chi connectivity index (χ4v) is 2.81. The summed E-state index contributed by atoms with van der Waals surface area (Å²) in [7, 11) is 1.76. The zero-order chi connectivity index (χ0) is 14.0. The lowest BCUT2D eigenvalue weighted by molar-refractivity contribution is -0.0992. The van der Waals surface area contributed by atoms with E-state index in [1.807, 2.05) is 12.1 Å². The van der Waals surface area contributed by atoms with Crippen molar-refractivity contribution in [3.05, 3.63) is 34.9 Å². The molecule has 1 aromatic rings. The van der Waals surface area contributed by atoms with Crippen molar-refractivity contribution in [2.75, 3.05) is 13.7 Å². The monoisotopic (exact) mass is 283 g/mol. The molecule has 1 fully saturated rings. The molecule has 0 bridgehead atoms. The van der Waals surface area contributed by atoms with Crippen molar-refractivity contribution in [2.24, 2.45) is 5.41 Å². The Balaban J connectivity index is 1.85. The average molecular weight is 284 g/mol. The largest absolute Gasteiger partial charge is 0.387 e. The molecular weight excluding hydrogens is 262 g/mol. The van der Waals surface area contributed by atoms with Gasteiger partial charge in [-0.05, 0) is 24.1 Å². The van der Waals surface area contributed by atoms with Crippen molar-refractivity contribution in [3.8, 4) is 0 Å². The molecule has 1 aliphatic carbocycles. The zero-order valence-corrected chi connectivity index (χ0v) is 12.4. The molecule has 4 heteroatoms. The van der Waals surface area contributed by atoms with E-state index in [9.17, 15) is 5.11 Å². The molecule has 0 amide bonds. The van der Waals surface area contributed by atoms with E-state index in [0.717, 1.165) is 12.0 Å². The van der Waals surface area contributed by atoms with E-state index in [1.54, 1.807) is 19.2 Å². The molecular formula is C15H22ClNO2. The van der Waals surface area contributed by atoms with Crippen molar-refractivity contribution in [3.63, 3.8) is 0 Å². The van der Waals surface area contributed by atoms with Crippen LogP contribution in [0, 0.1) is 5.41 Å². The third-order valence-electron chi connectivity index (χ3n) is 4.27. The third kappa shape index (κ3) is 3.11. The number of rotatable bonds is 5. The Kier molecular flexibility index (Phi) is 4.51. The van der Waals surface area contributed by atoms with Crippen LogP contribution in [0.15, 0.2) is 24.3 Å². The molecule has 3 nitrogen and oxygen atoms in total. The molecule has 106 valence electrons. The standard InChI is InChI=1S/C15H22ClNO2/c1-15(2)13(8-14(15)19-3)17-9-12(18)10-4-6-11(16)7-5-10/h4-7,12-14,17-18H,8-9H2,1-3H3. The van der Waals surface area contributed by atoms with Gasteiger partial charge in [-0.1, -0.05) is 37.6 Å². The summed E-state index contributed by atoms with van der Waals surface area (Å²) >= 11 is 5.83. The summed E-state index contributed by atoms with van der Waals surface area (Å²) in [6, 6.07) is 7.71.